The Bertz CT molecular complexity index is 2360. The highest BCUT2D eigenvalue weighted by atomic mass is 16.7. The van der Waals surface area contributed by atoms with Gasteiger partial charge in [-0.2, -0.15) is 0 Å². The number of nitrogens with zero attached hydrogens (tertiary/aromatic N) is 1. The van der Waals surface area contributed by atoms with Gasteiger partial charge in [-0.3, -0.25) is 4.98 Å². The summed E-state index contributed by atoms with van der Waals surface area (Å²) in [5.41, 5.74) is -6.05. The van der Waals surface area contributed by atoms with Gasteiger partial charge in [0.05, 0.1) is 53.7 Å². The van der Waals surface area contributed by atoms with Gasteiger partial charge in [0.25, 0.3) is 0 Å². The third-order valence-electron chi connectivity index (χ3n) is 18.7. The lowest BCUT2D eigenvalue weighted by atomic mass is 9.42. The van der Waals surface area contributed by atoms with E-state index < -0.39 is 125 Å². The smallest absolute Gasteiger partial charge is 0.340 e. The second kappa shape index (κ2) is 22.2. The summed E-state index contributed by atoms with van der Waals surface area (Å²) in [6.07, 6.45) is 2.13. The second-order valence-corrected chi connectivity index (χ2v) is 22.5. The van der Waals surface area contributed by atoms with Crippen molar-refractivity contribution in [2.45, 2.75) is 215 Å². The predicted molar refractivity (Wildman–Crippen MR) is 269 cm³/mol. The molecule has 3 aliphatic heterocycles. The number of esters is 2. The molecule has 3 saturated carbocycles. The number of fused-ring (bicyclic) bond motifs is 5. The molecule has 2 aromatic rings. The predicted octanol–water partition coefficient (Wildman–Crippen LogP) is 5.75. The van der Waals surface area contributed by atoms with Crippen LogP contribution in [0.2, 0.25) is 0 Å². The van der Waals surface area contributed by atoms with Crippen molar-refractivity contribution in [3.63, 3.8) is 0 Å². The molecule has 18 heteroatoms. The van der Waals surface area contributed by atoms with Crippen LogP contribution in [0.15, 0.2) is 72.6 Å². The van der Waals surface area contributed by atoms with Crippen LogP contribution < -0.4 is 0 Å². The molecular formula is C57H79NO17. The summed E-state index contributed by atoms with van der Waals surface area (Å²) < 4.78 is 68.6. The number of methoxy groups -OCH3 is 3. The number of hydrogen-bond acceptors (Lipinski definition) is 18. The Morgan fingerprint density at radius 1 is 0.773 bits per heavy atom. The largest absolute Gasteiger partial charge is 0.458 e. The van der Waals surface area contributed by atoms with Gasteiger partial charge in [-0.1, -0.05) is 55.8 Å². The first-order chi connectivity index (χ1) is 35.7. The number of aromatic nitrogens is 1. The van der Waals surface area contributed by atoms with E-state index in [4.69, 9.17) is 52.1 Å². The lowest BCUT2D eigenvalue weighted by Gasteiger charge is -2.67. The molecule has 6 fully saturated rings. The van der Waals surface area contributed by atoms with E-state index in [1.54, 1.807) is 60.3 Å². The molecule has 0 bridgehead atoms. The number of aliphatic hydroxyl groups is 4. The molecule has 9 rings (SSSR count). The lowest BCUT2D eigenvalue weighted by molar-refractivity contribution is -0.339. The number of aliphatic hydroxyl groups excluding tert-OH is 1. The number of pyridine rings is 1. The highest BCUT2D eigenvalue weighted by Crippen LogP contribution is 2.71. The van der Waals surface area contributed by atoms with Crippen molar-refractivity contribution in [3.05, 3.63) is 83.7 Å². The maximum absolute atomic E-state index is 13.9. The number of carbonyl (C=O) groups excluding carboxylic acids is 2. The van der Waals surface area contributed by atoms with Crippen LogP contribution in [-0.4, -0.2) is 168 Å². The Kier molecular flexibility index (Phi) is 16.6. The second-order valence-electron chi connectivity index (χ2n) is 22.5. The van der Waals surface area contributed by atoms with Gasteiger partial charge in [0.2, 0.25) is 0 Å². The van der Waals surface area contributed by atoms with Crippen molar-refractivity contribution in [2.24, 2.45) is 16.7 Å². The van der Waals surface area contributed by atoms with E-state index in [-0.39, 0.29) is 43.5 Å². The van der Waals surface area contributed by atoms with Crippen molar-refractivity contribution in [2.75, 3.05) is 21.3 Å². The molecular weight excluding hydrogens is 971 g/mol. The van der Waals surface area contributed by atoms with Crippen molar-refractivity contribution in [3.8, 4) is 0 Å². The number of carbonyl (C=O) groups is 2. The van der Waals surface area contributed by atoms with E-state index >= 15 is 0 Å². The van der Waals surface area contributed by atoms with Crippen molar-refractivity contribution in [1.29, 1.82) is 0 Å². The average Bonchev–Trinajstić information content (AvgIpc) is 3.79. The molecule has 4 aliphatic carbocycles. The van der Waals surface area contributed by atoms with Crippen LogP contribution in [0.1, 0.15) is 122 Å². The van der Waals surface area contributed by atoms with Gasteiger partial charge in [-0.15, -0.1) is 0 Å². The quantitative estimate of drug-likeness (QED) is 0.0945. The number of ether oxygens (including phenoxy) is 11. The molecule has 75 heavy (non-hydrogen) atoms. The standard InChI is InChI=1S/C57H79NO17/c1-32-49(60)40(65-7)27-47(68-32)74-51-34(3)70-48(29-42(51)67-9)75-50-33(2)69-46(28-41(50)66-8)72-39-20-21-53(5)38(26-39)19-22-56(63)43(53)30-44(73-45(59)18-17-36-14-11-10-12-15-36)54(6)55(62,23-24-57(54,56)64)35(4)71-52(61)37-16-13-25-58-31-37/h10-19,25,31-35,39-44,46-51,60,62-64H,20-24,26-30H2,1-9H3/t32-,33+,34+,35-,39-,40+,41-,42+,43+,44+,46-,47-,48-,49-,50+,51+,53-,54+,55+,56-,57+/m0/s1. The monoisotopic (exact) mass is 1050 g/mol. The minimum atomic E-state index is -2.00. The zero-order valence-electron chi connectivity index (χ0n) is 44.8. The van der Waals surface area contributed by atoms with Gasteiger partial charge < -0.3 is 72.5 Å². The van der Waals surface area contributed by atoms with Crippen molar-refractivity contribution < 1.29 is 82.1 Å². The molecule has 7 aliphatic rings. The van der Waals surface area contributed by atoms with Crippen LogP contribution in [-0.2, 0) is 56.9 Å². The molecule has 0 spiro atoms. The zero-order valence-corrected chi connectivity index (χ0v) is 44.8. The number of benzene rings is 1. The van der Waals surface area contributed by atoms with Crippen LogP contribution in [0.25, 0.3) is 6.08 Å². The van der Waals surface area contributed by atoms with E-state index in [1.807, 2.05) is 50.3 Å². The first kappa shape index (κ1) is 56.0. The third-order valence-corrected chi connectivity index (χ3v) is 18.7. The molecule has 4 heterocycles. The molecule has 21 atom stereocenters. The Balaban J connectivity index is 0.881. The Morgan fingerprint density at radius 3 is 2.00 bits per heavy atom. The summed E-state index contributed by atoms with van der Waals surface area (Å²) in [5.74, 6) is -1.99. The van der Waals surface area contributed by atoms with Gasteiger partial charge in [-0.05, 0) is 102 Å². The van der Waals surface area contributed by atoms with Gasteiger partial charge in [0.15, 0.2) is 18.9 Å². The molecule has 0 amide bonds. The fourth-order valence-corrected chi connectivity index (χ4v) is 14.2. The fraction of sp³-hybridized carbons (Fsp3) is 0.702. The molecule has 1 aromatic heterocycles. The molecule has 3 saturated heterocycles. The van der Waals surface area contributed by atoms with Crippen LogP contribution in [0.3, 0.4) is 0 Å². The van der Waals surface area contributed by atoms with Gasteiger partial charge in [0, 0.05) is 65.0 Å². The summed E-state index contributed by atoms with van der Waals surface area (Å²) in [5, 5.41) is 50.1. The Morgan fingerprint density at radius 2 is 1.39 bits per heavy atom. The maximum Gasteiger partial charge on any atom is 0.340 e. The third kappa shape index (κ3) is 10.2. The Labute approximate surface area is 440 Å². The first-order valence-corrected chi connectivity index (χ1v) is 26.8. The Hall–Kier alpha value is -3.73. The minimum Gasteiger partial charge on any atom is -0.458 e. The summed E-state index contributed by atoms with van der Waals surface area (Å²) in [7, 11) is 4.84. The zero-order chi connectivity index (χ0) is 53.7. The van der Waals surface area contributed by atoms with Crippen LogP contribution in [0, 0.1) is 16.7 Å². The first-order valence-electron chi connectivity index (χ1n) is 26.8. The SMILES string of the molecule is CO[C@H]1C[C@H](O[C@H]2CC[C@@]3(C)C(=CC[C@]4(O)[C@@H]3C[C@@H](OC(=O)C=Cc3ccccc3)[C@@]3(C)[C@]4(O)CC[C@@]3(O)[C@H](C)OC(=O)c3cccnc3)C2)O[C@H](C)[C@H]1O[C@H]1C[C@@H](OC)[C@H](O[C@H]2C[C@@H](OC)[C@@H](O)[C@H](C)O2)[C@@H](C)O1. The summed E-state index contributed by atoms with van der Waals surface area (Å²) >= 11 is 0. The highest BCUT2D eigenvalue weighted by molar-refractivity contribution is 5.89. The van der Waals surface area contributed by atoms with E-state index in [1.165, 1.54) is 18.5 Å². The lowest BCUT2D eigenvalue weighted by Crippen LogP contribution is -2.78. The van der Waals surface area contributed by atoms with E-state index in [0.717, 1.165) is 11.1 Å². The van der Waals surface area contributed by atoms with Crippen LogP contribution in [0.4, 0.5) is 0 Å². The van der Waals surface area contributed by atoms with Crippen molar-refractivity contribution >= 4 is 18.0 Å². The molecule has 4 N–H and O–H groups in total. The summed E-state index contributed by atoms with van der Waals surface area (Å²) in [4.78, 5) is 31.4. The van der Waals surface area contributed by atoms with Crippen molar-refractivity contribution in [1.82, 2.24) is 4.98 Å². The molecule has 414 valence electrons. The van der Waals surface area contributed by atoms with E-state index in [2.05, 4.69) is 11.9 Å². The van der Waals surface area contributed by atoms with E-state index in [9.17, 15) is 30.0 Å². The number of rotatable bonds is 15. The normalized spacial score (nSPS) is 44.2. The van der Waals surface area contributed by atoms with Gasteiger partial charge >= 0.3 is 11.9 Å². The topological polar surface area (TPSA) is 229 Å². The number of hydrogen-bond donors (Lipinski definition) is 4. The highest BCUT2D eigenvalue weighted by Gasteiger charge is 2.81. The minimum absolute atomic E-state index is 0.0452. The molecule has 18 nitrogen and oxygen atoms in total. The molecule has 1 aromatic carbocycles. The van der Waals surface area contributed by atoms with Crippen LogP contribution >= 0.6 is 0 Å². The maximum atomic E-state index is 13.9. The molecule has 0 unspecified atom stereocenters. The average molecular weight is 1050 g/mol. The van der Waals surface area contributed by atoms with Gasteiger partial charge in [0.1, 0.15) is 47.3 Å². The van der Waals surface area contributed by atoms with E-state index in [0.29, 0.717) is 38.5 Å². The van der Waals surface area contributed by atoms with Gasteiger partial charge in [-0.25, -0.2) is 9.59 Å². The van der Waals surface area contributed by atoms with Crippen LogP contribution in [0.5, 0.6) is 0 Å². The fourth-order valence-electron chi connectivity index (χ4n) is 14.2. The molecule has 0 radical (unpaired) electrons. The summed E-state index contributed by atoms with van der Waals surface area (Å²) in [6.45, 7) is 11.0. The summed E-state index contributed by atoms with van der Waals surface area (Å²) in [6, 6.07) is 12.5.